The Morgan fingerprint density at radius 2 is 1.86 bits per heavy atom. The maximum atomic E-state index is 13.5. The van der Waals surface area contributed by atoms with Gasteiger partial charge in [-0.25, -0.2) is 9.18 Å². The standard InChI is InChI=1S/C27H30FN3O4S/c1-4-13-31(27(33)29-22-8-5-7-21(28)17-22)19-26(32)30(18-23-9-6-15-36-23)14-12-20-10-11-24(34-2)25(16-20)35-3/h4-11,15-17H,1,12-14,18-19H2,2-3H3,(H,29,33). The van der Waals surface area contributed by atoms with Gasteiger partial charge in [-0.3, -0.25) is 4.79 Å². The number of carbonyl (C=O) groups excluding carboxylic acids is 2. The molecule has 0 spiro atoms. The van der Waals surface area contributed by atoms with E-state index in [1.807, 2.05) is 35.7 Å². The molecule has 0 saturated carbocycles. The molecule has 0 radical (unpaired) electrons. The van der Waals surface area contributed by atoms with Gasteiger partial charge in [0.15, 0.2) is 11.5 Å². The molecule has 0 aliphatic rings. The van der Waals surface area contributed by atoms with Gasteiger partial charge in [0.25, 0.3) is 0 Å². The molecule has 0 aliphatic heterocycles. The maximum absolute atomic E-state index is 13.5. The second kappa shape index (κ2) is 13.3. The van der Waals surface area contributed by atoms with Gasteiger partial charge < -0.3 is 24.6 Å². The van der Waals surface area contributed by atoms with E-state index in [2.05, 4.69) is 11.9 Å². The summed E-state index contributed by atoms with van der Waals surface area (Å²) in [4.78, 5) is 30.3. The molecule has 190 valence electrons. The number of thiophene rings is 1. The number of carbonyl (C=O) groups is 2. The third-order valence-electron chi connectivity index (χ3n) is 5.44. The summed E-state index contributed by atoms with van der Waals surface area (Å²) in [6, 6.07) is 14.7. The lowest BCUT2D eigenvalue weighted by Crippen LogP contribution is -2.44. The predicted octanol–water partition coefficient (Wildman–Crippen LogP) is 5.20. The minimum atomic E-state index is -0.509. The number of ether oxygens (including phenoxy) is 2. The van der Waals surface area contributed by atoms with E-state index in [9.17, 15) is 14.0 Å². The molecule has 0 aliphatic carbocycles. The van der Waals surface area contributed by atoms with E-state index in [-0.39, 0.29) is 19.0 Å². The number of hydrogen-bond donors (Lipinski definition) is 1. The zero-order valence-corrected chi connectivity index (χ0v) is 21.2. The van der Waals surface area contributed by atoms with Gasteiger partial charge in [0.05, 0.1) is 20.8 Å². The van der Waals surface area contributed by atoms with E-state index in [4.69, 9.17) is 9.47 Å². The Labute approximate surface area is 214 Å². The van der Waals surface area contributed by atoms with Crippen LogP contribution in [0, 0.1) is 5.82 Å². The van der Waals surface area contributed by atoms with Crippen molar-refractivity contribution in [1.29, 1.82) is 0 Å². The van der Waals surface area contributed by atoms with Crippen LogP contribution in [0.1, 0.15) is 10.4 Å². The Hall–Kier alpha value is -3.85. The van der Waals surface area contributed by atoms with E-state index in [0.717, 1.165) is 10.4 Å². The number of benzene rings is 2. The molecule has 0 atom stereocenters. The summed E-state index contributed by atoms with van der Waals surface area (Å²) >= 11 is 1.56. The number of urea groups is 1. The normalized spacial score (nSPS) is 10.4. The number of halogens is 1. The highest BCUT2D eigenvalue weighted by molar-refractivity contribution is 7.09. The third-order valence-corrected chi connectivity index (χ3v) is 6.30. The maximum Gasteiger partial charge on any atom is 0.322 e. The summed E-state index contributed by atoms with van der Waals surface area (Å²) in [5.41, 5.74) is 1.30. The summed E-state index contributed by atoms with van der Waals surface area (Å²) in [6.45, 7) is 4.58. The molecule has 1 N–H and O–H groups in total. The molecule has 0 unspecified atom stereocenters. The van der Waals surface area contributed by atoms with E-state index < -0.39 is 11.8 Å². The molecule has 0 fully saturated rings. The van der Waals surface area contributed by atoms with Crippen molar-refractivity contribution in [3.63, 3.8) is 0 Å². The Morgan fingerprint density at radius 3 is 2.53 bits per heavy atom. The first kappa shape index (κ1) is 26.7. The molecule has 1 heterocycles. The molecule has 3 aromatic rings. The molecule has 3 amide bonds. The van der Waals surface area contributed by atoms with Crippen LogP contribution in [-0.2, 0) is 17.8 Å². The SMILES string of the molecule is C=CCN(CC(=O)N(CCc1ccc(OC)c(OC)c1)Cc1cccs1)C(=O)Nc1cccc(F)c1. The largest absolute Gasteiger partial charge is 0.493 e. The fourth-order valence-corrected chi connectivity index (χ4v) is 4.31. The van der Waals surface area contributed by atoms with Gasteiger partial charge in [-0.15, -0.1) is 17.9 Å². The number of nitrogens with one attached hydrogen (secondary N) is 1. The molecule has 3 rings (SSSR count). The quantitative estimate of drug-likeness (QED) is 0.340. The molecule has 0 bridgehead atoms. The fraction of sp³-hybridized carbons (Fsp3) is 0.259. The van der Waals surface area contributed by atoms with Crippen molar-refractivity contribution in [3.05, 3.63) is 88.9 Å². The average molecular weight is 512 g/mol. The number of nitrogens with zero attached hydrogens (tertiary/aromatic N) is 2. The van der Waals surface area contributed by atoms with E-state index in [1.165, 1.54) is 23.1 Å². The lowest BCUT2D eigenvalue weighted by molar-refractivity contribution is -0.132. The van der Waals surface area contributed by atoms with Crippen LogP contribution in [0.5, 0.6) is 11.5 Å². The molecule has 9 heteroatoms. The Morgan fingerprint density at radius 1 is 1.06 bits per heavy atom. The molecular formula is C27H30FN3O4S. The van der Waals surface area contributed by atoms with Crippen molar-refractivity contribution in [2.45, 2.75) is 13.0 Å². The van der Waals surface area contributed by atoms with E-state index >= 15 is 0 Å². The summed E-state index contributed by atoms with van der Waals surface area (Å²) in [7, 11) is 3.16. The first-order chi connectivity index (χ1) is 17.4. The summed E-state index contributed by atoms with van der Waals surface area (Å²) in [5.74, 6) is 0.589. The van der Waals surface area contributed by atoms with Crippen molar-refractivity contribution >= 4 is 29.0 Å². The van der Waals surface area contributed by atoms with Crippen molar-refractivity contribution in [2.24, 2.45) is 0 Å². The van der Waals surface area contributed by atoms with Crippen molar-refractivity contribution < 1.29 is 23.5 Å². The minimum Gasteiger partial charge on any atom is -0.493 e. The van der Waals surface area contributed by atoms with E-state index in [0.29, 0.717) is 36.7 Å². The van der Waals surface area contributed by atoms with Gasteiger partial charge in [-0.05, 0) is 53.8 Å². The molecule has 36 heavy (non-hydrogen) atoms. The van der Waals surface area contributed by atoms with Gasteiger partial charge in [0.1, 0.15) is 12.4 Å². The van der Waals surface area contributed by atoms with Gasteiger partial charge in [-0.2, -0.15) is 0 Å². The van der Waals surface area contributed by atoms with Gasteiger partial charge in [0, 0.05) is 23.7 Å². The highest BCUT2D eigenvalue weighted by atomic mass is 32.1. The Balaban J connectivity index is 1.72. The van der Waals surface area contributed by atoms with Crippen molar-refractivity contribution in [3.8, 4) is 11.5 Å². The monoisotopic (exact) mass is 511 g/mol. The van der Waals surface area contributed by atoms with Crippen LogP contribution in [0.2, 0.25) is 0 Å². The zero-order chi connectivity index (χ0) is 25.9. The zero-order valence-electron chi connectivity index (χ0n) is 20.4. The first-order valence-electron chi connectivity index (χ1n) is 11.4. The van der Waals surface area contributed by atoms with Crippen LogP contribution in [0.3, 0.4) is 0 Å². The van der Waals surface area contributed by atoms with Gasteiger partial charge >= 0.3 is 6.03 Å². The van der Waals surface area contributed by atoms with E-state index in [1.54, 1.807) is 42.6 Å². The highest BCUT2D eigenvalue weighted by Crippen LogP contribution is 2.28. The number of rotatable bonds is 12. The number of hydrogen-bond acceptors (Lipinski definition) is 5. The number of amides is 3. The van der Waals surface area contributed by atoms with Crippen LogP contribution in [-0.4, -0.2) is 55.6 Å². The van der Waals surface area contributed by atoms with Gasteiger partial charge in [-0.1, -0.05) is 24.3 Å². The second-order valence-corrected chi connectivity index (χ2v) is 8.98. The number of anilines is 1. The molecular weight excluding hydrogens is 481 g/mol. The summed E-state index contributed by atoms with van der Waals surface area (Å²) in [6.07, 6.45) is 2.14. The van der Waals surface area contributed by atoms with Gasteiger partial charge in [0.2, 0.25) is 5.91 Å². The van der Waals surface area contributed by atoms with Crippen LogP contribution in [0.25, 0.3) is 0 Å². The molecule has 2 aromatic carbocycles. The lowest BCUT2D eigenvalue weighted by Gasteiger charge is -2.27. The topological polar surface area (TPSA) is 71.1 Å². The minimum absolute atomic E-state index is 0.148. The second-order valence-electron chi connectivity index (χ2n) is 7.94. The smallest absolute Gasteiger partial charge is 0.322 e. The highest BCUT2D eigenvalue weighted by Gasteiger charge is 2.22. The lowest BCUT2D eigenvalue weighted by atomic mass is 10.1. The van der Waals surface area contributed by atoms with Crippen LogP contribution in [0.15, 0.2) is 72.6 Å². The van der Waals surface area contributed by atoms with Crippen LogP contribution < -0.4 is 14.8 Å². The first-order valence-corrected chi connectivity index (χ1v) is 12.2. The third kappa shape index (κ3) is 7.58. The Kier molecular flexibility index (Phi) is 9.88. The fourth-order valence-electron chi connectivity index (χ4n) is 3.59. The predicted molar refractivity (Wildman–Crippen MR) is 140 cm³/mol. The van der Waals surface area contributed by atoms with Crippen molar-refractivity contribution in [2.75, 3.05) is 39.2 Å². The molecule has 7 nitrogen and oxygen atoms in total. The van der Waals surface area contributed by atoms with Crippen molar-refractivity contribution in [1.82, 2.24) is 9.80 Å². The van der Waals surface area contributed by atoms with Crippen LogP contribution >= 0.6 is 11.3 Å². The summed E-state index contributed by atoms with van der Waals surface area (Å²) in [5, 5.41) is 4.60. The molecule has 1 aromatic heterocycles. The summed E-state index contributed by atoms with van der Waals surface area (Å²) < 4.78 is 24.2. The number of methoxy groups -OCH3 is 2. The van der Waals surface area contributed by atoms with Crippen LogP contribution in [0.4, 0.5) is 14.9 Å². The Bertz CT molecular complexity index is 1170. The average Bonchev–Trinajstić information content (AvgIpc) is 3.39. The molecule has 0 saturated heterocycles.